The van der Waals surface area contributed by atoms with Crippen LogP contribution in [0.3, 0.4) is 0 Å². The van der Waals surface area contributed by atoms with E-state index in [9.17, 15) is 0 Å². The van der Waals surface area contributed by atoms with Crippen LogP contribution in [0.4, 0.5) is 0 Å². The molecule has 6 heteroatoms. The fraction of sp³-hybridized carbons (Fsp3) is 0.238. The molecule has 0 aliphatic heterocycles. The van der Waals surface area contributed by atoms with Gasteiger partial charge < -0.3 is 4.74 Å². The third-order valence-corrected chi connectivity index (χ3v) is 5.66. The van der Waals surface area contributed by atoms with Crippen molar-refractivity contribution in [1.82, 2.24) is 14.6 Å². The van der Waals surface area contributed by atoms with Crippen molar-refractivity contribution in [1.29, 1.82) is 0 Å². The molecule has 0 amide bonds. The summed E-state index contributed by atoms with van der Waals surface area (Å²) in [6.07, 6.45) is 2.07. The molecule has 2 aromatic carbocycles. The summed E-state index contributed by atoms with van der Waals surface area (Å²) in [7, 11) is 0. The number of hydrogen-bond donors (Lipinski definition) is 0. The lowest BCUT2D eigenvalue weighted by Crippen LogP contribution is -1.98. The van der Waals surface area contributed by atoms with Gasteiger partial charge in [0.1, 0.15) is 5.75 Å². The monoisotopic (exact) mass is 397 g/mol. The number of benzene rings is 2. The van der Waals surface area contributed by atoms with Crippen LogP contribution in [-0.4, -0.2) is 27.0 Å². The van der Waals surface area contributed by atoms with Crippen molar-refractivity contribution in [2.24, 2.45) is 0 Å². The van der Waals surface area contributed by atoms with Gasteiger partial charge in [-0.05, 0) is 61.7 Å². The zero-order valence-corrected chi connectivity index (χ0v) is 16.6. The summed E-state index contributed by atoms with van der Waals surface area (Å²) < 4.78 is 7.86. The van der Waals surface area contributed by atoms with E-state index in [-0.39, 0.29) is 0 Å². The lowest BCUT2D eigenvalue weighted by atomic mass is 10.1. The zero-order valence-electron chi connectivity index (χ0n) is 15.1. The molecular formula is C21H20ClN3OS. The Morgan fingerprint density at radius 3 is 2.74 bits per heavy atom. The van der Waals surface area contributed by atoms with E-state index in [1.807, 2.05) is 48.5 Å². The maximum atomic E-state index is 6.17. The topological polar surface area (TPSA) is 39.4 Å². The molecule has 4 aromatic rings. The normalized spacial score (nSPS) is 11.3. The maximum Gasteiger partial charge on any atom is 0.196 e. The van der Waals surface area contributed by atoms with E-state index < -0.39 is 0 Å². The van der Waals surface area contributed by atoms with Crippen LogP contribution in [0.25, 0.3) is 16.6 Å². The van der Waals surface area contributed by atoms with Gasteiger partial charge in [0.2, 0.25) is 0 Å². The van der Waals surface area contributed by atoms with Crippen molar-refractivity contribution in [3.63, 3.8) is 0 Å². The van der Waals surface area contributed by atoms with Crippen molar-refractivity contribution in [2.45, 2.75) is 24.9 Å². The second kappa shape index (κ2) is 8.19. The third kappa shape index (κ3) is 4.04. The van der Waals surface area contributed by atoms with Crippen molar-refractivity contribution >= 4 is 39.9 Å². The van der Waals surface area contributed by atoms with Crippen LogP contribution >= 0.6 is 23.4 Å². The molecular weight excluding hydrogens is 378 g/mol. The number of aryl methyl sites for hydroxylation is 1. The van der Waals surface area contributed by atoms with E-state index in [1.165, 1.54) is 0 Å². The molecule has 0 bridgehead atoms. The molecule has 0 atom stereocenters. The molecule has 0 spiro atoms. The smallest absolute Gasteiger partial charge is 0.196 e. The highest BCUT2D eigenvalue weighted by molar-refractivity contribution is 7.99. The van der Waals surface area contributed by atoms with Crippen LogP contribution < -0.4 is 4.74 Å². The molecule has 0 N–H and O–H groups in total. The summed E-state index contributed by atoms with van der Waals surface area (Å²) in [4.78, 5) is 0. The van der Waals surface area contributed by atoms with E-state index >= 15 is 0 Å². The second-order valence-corrected chi connectivity index (χ2v) is 7.88. The van der Waals surface area contributed by atoms with Crippen molar-refractivity contribution in [3.8, 4) is 5.75 Å². The van der Waals surface area contributed by atoms with E-state index in [1.54, 1.807) is 11.8 Å². The molecule has 0 unspecified atom stereocenters. The average Bonchev–Trinajstić information content (AvgIpc) is 3.08. The first-order valence-corrected chi connectivity index (χ1v) is 10.3. The van der Waals surface area contributed by atoms with Gasteiger partial charge in [-0.15, -0.1) is 10.2 Å². The Morgan fingerprint density at radius 2 is 1.89 bits per heavy atom. The molecule has 138 valence electrons. The number of nitrogens with zero attached hydrogens (tertiary/aromatic N) is 3. The number of pyridine rings is 1. The van der Waals surface area contributed by atoms with Gasteiger partial charge in [-0.3, -0.25) is 4.40 Å². The van der Waals surface area contributed by atoms with Gasteiger partial charge in [-0.2, -0.15) is 0 Å². The SMILES string of the molecule is Cc1cc2nnc(SCCCCOc3ccccc3)n2c2ccc(Cl)cc12. The van der Waals surface area contributed by atoms with Gasteiger partial charge in [0, 0.05) is 16.2 Å². The first-order chi connectivity index (χ1) is 13.2. The summed E-state index contributed by atoms with van der Waals surface area (Å²) in [6, 6.07) is 17.9. The average molecular weight is 398 g/mol. The summed E-state index contributed by atoms with van der Waals surface area (Å²) in [5.41, 5.74) is 3.12. The standard InChI is InChI=1S/C21H20ClN3OS/c1-15-13-20-23-24-21(25(20)19-10-9-16(22)14-18(15)19)27-12-6-5-11-26-17-7-3-2-4-8-17/h2-4,7-10,13-14H,5-6,11-12H2,1H3. The minimum absolute atomic E-state index is 0.728. The quantitative estimate of drug-likeness (QED) is 0.292. The fourth-order valence-electron chi connectivity index (χ4n) is 3.06. The minimum Gasteiger partial charge on any atom is -0.494 e. The molecule has 2 aromatic heterocycles. The number of fused-ring (bicyclic) bond motifs is 3. The maximum absolute atomic E-state index is 6.17. The summed E-state index contributed by atoms with van der Waals surface area (Å²) >= 11 is 7.90. The van der Waals surface area contributed by atoms with Crippen LogP contribution in [0.5, 0.6) is 5.75 Å². The predicted octanol–water partition coefficient (Wildman–Crippen LogP) is 5.80. The van der Waals surface area contributed by atoms with Gasteiger partial charge in [0.15, 0.2) is 10.8 Å². The molecule has 2 heterocycles. The predicted molar refractivity (Wildman–Crippen MR) is 112 cm³/mol. The third-order valence-electron chi connectivity index (χ3n) is 4.41. The molecule has 0 aliphatic carbocycles. The molecule has 0 radical (unpaired) electrons. The van der Waals surface area contributed by atoms with Crippen LogP contribution in [-0.2, 0) is 0 Å². The summed E-state index contributed by atoms with van der Waals surface area (Å²) in [5.74, 6) is 1.90. The minimum atomic E-state index is 0.728. The highest BCUT2D eigenvalue weighted by Crippen LogP contribution is 2.28. The molecule has 0 fully saturated rings. The largest absolute Gasteiger partial charge is 0.494 e. The number of unbranched alkanes of at least 4 members (excludes halogenated alkanes) is 1. The lowest BCUT2D eigenvalue weighted by Gasteiger charge is -2.08. The van der Waals surface area contributed by atoms with E-state index in [0.29, 0.717) is 0 Å². The van der Waals surface area contributed by atoms with Crippen LogP contribution in [0.1, 0.15) is 18.4 Å². The van der Waals surface area contributed by atoms with Crippen LogP contribution in [0.2, 0.25) is 5.02 Å². The highest BCUT2D eigenvalue weighted by atomic mass is 35.5. The molecule has 0 aliphatic rings. The van der Waals surface area contributed by atoms with E-state index in [4.69, 9.17) is 16.3 Å². The summed E-state index contributed by atoms with van der Waals surface area (Å²) in [5, 5.41) is 11.5. The Bertz CT molecular complexity index is 1070. The number of aromatic nitrogens is 3. The van der Waals surface area contributed by atoms with Crippen LogP contribution in [0, 0.1) is 6.92 Å². The number of halogens is 1. The van der Waals surface area contributed by atoms with Gasteiger partial charge in [-0.1, -0.05) is 41.6 Å². The number of para-hydroxylation sites is 1. The number of ether oxygens (including phenoxy) is 1. The number of hydrogen-bond acceptors (Lipinski definition) is 4. The Balaban J connectivity index is 1.41. The van der Waals surface area contributed by atoms with Crippen molar-refractivity contribution in [2.75, 3.05) is 12.4 Å². The Hall–Kier alpha value is -2.24. The Kier molecular flexibility index (Phi) is 5.50. The molecule has 4 rings (SSSR count). The lowest BCUT2D eigenvalue weighted by molar-refractivity contribution is 0.310. The van der Waals surface area contributed by atoms with Crippen LogP contribution in [0.15, 0.2) is 59.8 Å². The van der Waals surface area contributed by atoms with Gasteiger partial charge in [0.25, 0.3) is 0 Å². The molecule has 0 saturated carbocycles. The number of thioether (sulfide) groups is 1. The number of rotatable bonds is 7. The Labute approximate surface area is 167 Å². The van der Waals surface area contributed by atoms with Gasteiger partial charge in [-0.25, -0.2) is 0 Å². The molecule has 27 heavy (non-hydrogen) atoms. The van der Waals surface area contributed by atoms with Crippen molar-refractivity contribution in [3.05, 3.63) is 65.2 Å². The van der Waals surface area contributed by atoms with Gasteiger partial charge in [0.05, 0.1) is 12.1 Å². The first-order valence-electron chi connectivity index (χ1n) is 8.97. The van der Waals surface area contributed by atoms with Gasteiger partial charge >= 0.3 is 0 Å². The second-order valence-electron chi connectivity index (χ2n) is 6.38. The summed E-state index contributed by atoms with van der Waals surface area (Å²) in [6.45, 7) is 2.80. The highest BCUT2D eigenvalue weighted by Gasteiger charge is 2.11. The van der Waals surface area contributed by atoms with E-state index in [0.717, 1.165) is 63.2 Å². The van der Waals surface area contributed by atoms with Crippen molar-refractivity contribution < 1.29 is 4.74 Å². The fourth-order valence-corrected chi connectivity index (χ4v) is 4.18. The van der Waals surface area contributed by atoms with E-state index in [2.05, 4.69) is 27.6 Å². The first kappa shape index (κ1) is 18.1. The zero-order chi connectivity index (χ0) is 18.6. The molecule has 0 saturated heterocycles. The Morgan fingerprint density at radius 1 is 1.04 bits per heavy atom. The molecule has 4 nitrogen and oxygen atoms in total.